The van der Waals surface area contributed by atoms with E-state index < -0.39 is 38.3 Å². The van der Waals surface area contributed by atoms with Crippen LogP contribution in [-0.2, 0) is 41.0 Å². The summed E-state index contributed by atoms with van der Waals surface area (Å²) in [5.41, 5.74) is 6.35. The van der Waals surface area contributed by atoms with Gasteiger partial charge in [0.25, 0.3) is 5.56 Å². The fourth-order valence-corrected chi connectivity index (χ4v) is 4.05. The van der Waals surface area contributed by atoms with Gasteiger partial charge < -0.3 is 29.0 Å². The van der Waals surface area contributed by atoms with E-state index in [2.05, 4.69) is 15.0 Å². The fraction of sp³-hybridized carbons (Fsp3) is 0.455. The second-order valence-corrected chi connectivity index (χ2v) is 10.4. The lowest BCUT2D eigenvalue weighted by atomic mass is 10.1. The van der Waals surface area contributed by atoms with Crippen molar-refractivity contribution < 1.29 is 37.0 Å². The van der Waals surface area contributed by atoms with Gasteiger partial charge in [0, 0.05) is 6.54 Å². The number of aryl methyl sites for hydroxylation is 1. The van der Waals surface area contributed by atoms with E-state index in [4.69, 9.17) is 29.0 Å². The molecule has 0 saturated heterocycles. The maximum Gasteiger partial charge on any atom is 0.510 e. The highest BCUT2D eigenvalue weighted by Gasteiger charge is 2.27. The molecule has 2 aromatic heterocycles. The Hall–Kier alpha value is -3.32. The van der Waals surface area contributed by atoms with Crippen LogP contribution in [0.4, 0.5) is 15.1 Å². The Kier molecular flexibility index (Phi) is 9.75. The molecular formula is C22H29FN5O8P. The van der Waals surface area contributed by atoms with E-state index in [1.165, 1.54) is 17.0 Å². The zero-order chi connectivity index (χ0) is 27.0. The predicted molar refractivity (Wildman–Crippen MR) is 130 cm³/mol. The number of aromatic nitrogens is 4. The van der Waals surface area contributed by atoms with Gasteiger partial charge in [0.15, 0.2) is 11.2 Å². The summed E-state index contributed by atoms with van der Waals surface area (Å²) in [6.07, 6.45) is -0.102. The molecule has 202 valence electrons. The molecule has 0 aliphatic heterocycles. The van der Waals surface area contributed by atoms with Crippen molar-refractivity contribution in [1.29, 1.82) is 0 Å². The highest BCUT2D eigenvalue weighted by Crippen LogP contribution is 2.49. The first kappa shape index (κ1) is 28.3. The summed E-state index contributed by atoms with van der Waals surface area (Å²) in [4.78, 5) is 34.0. The highest BCUT2D eigenvalue weighted by molar-refractivity contribution is 7.53. The number of aromatic amines is 1. The summed E-state index contributed by atoms with van der Waals surface area (Å²) >= 11 is 0. The number of imidazole rings is 1. The number of nitrogen functional groups attached to an aromatic ring is 1. The van der Waals surface area contributed by atoms with Crippen LogP contribution in [0.3, 0.4) is 0 Å². The number of nitrogens with two attached hydrogens (primary N) is 1. The number of carbonyl (C=O) groups is 1. The molecule has 0 aliphatic carbocycles. The van der Waals surface area contributed by atoms with Gasteiger partial charge in [0.05, 0.1) is 26.1 Å². The molecule has 13 nitrogen and oxygen atoms in total. The van der Waals surface area contributed by atoms with E-state index in [1.54, 1.807) is 19.1 Å². The average molecular weight is 541 g/mol. The van der Waals surface area contributed by atoms with E-state index >= 15 is 0 Å². The Labute approximate surface area is 211 Å². The van der Waals surface area contributed by atoms with Crippen LogP contribution in [0.2, 0.25) is 0 Å². The second-order valence-electron chi connectivity index (χ2n) is 8.41. The molecule has 3 rings (SSSR count). The van der Waals surface area contributed by atoms with Gasteiger partial charge in [-0.15, -0.1) is 0 Å². The van der Waals surface area contributed by atoms with Crippen molar-refractivity contribution in [3.05, 3.63) is 51.8 Å². The first-order valence-corrected chi connectivity index (χ1v) is 13.0. The molecule has 37 heavy (non-hydrogen) atoms. The number of hydrogen-bond donors (Lipinski definition) is 2. The number of hydrogen-bond acceptors (Lipinski definition) is 11. The van der Waals surface area contributed by atoms with Crippen LogP contribution in [0.15, 0.2) is 29.3 Å². The molecule has 0 aliphatic rings. The molecule has 1 atom stereocenters. The molecule has 1 unspecified atom stereocenters. The van der Waals surface area contributed by atoms with Crippen LogP contribution in [0.5, 0.6) is 0 Å². The number of nitrogens with zero attached hydrogens (tertiary/aromatic N) is 3. The zero-order valence-corrected chi connectivity index (χ0v) is 21.5. The number of benzene rings is 1. The molecule has 0 spiro atoms. The SMILES string of the molecule is Cc1ccc(COP(=O)(COCCn2cnc3c(=O)[nH]c(N)nc32)OCOC(=O)OCC(C)C)cc1F. The molecule has 0 fully saturated rings. The predicted octanol–water partition coefficient (Wildman–Crippen LogP) is 3.32. The van der Waals surface area contributed by atoms with Gasteiger partial charge in [-0.3, -0.25) is 18.9 Å². The lowest BCUT2D eigenvalue weighted by Gasteiger charge is -2.19. The van der Waals surface area contributed by atoms with Crippen LogP contribution in [0.25, 0.3) is 11.2 Å². The van der Waals surface area contributed by atoms with Gasteiger partial charge in [-0.25, -0.2) is 14.2 Å². The van der Waals surface area contributed by atoms with Crippen LogP contribution >= 0.6 is 7.60 Å². The van der Waals surface area contributed by atoms with Crippen molar-refractivity contribution >= 4 is 30.9 Å². The maximum atomic E-state index is 13.9. The van der Waals surface area contributed by atoms with E-state index in [0.717, 1.165) is 0 Å². The Morgan fingerprint density at radius 3 is 2.78 bits per heavy atom. The van der Waals surface area contributed by atoms with Crippen molar-refractivity contribution in [2.24, 2.45) is 5.92 Å². The van der Waals surface area contributed by atoms with E-state index in [1.807, 2.05) is 13.8 Å². The number of carbonyl (C=O) groups excluding carboxylic acids is 1. The quantitative estimate of drug-likeness (QED) is 0.141. The Morgan fingerprint density at radius 2 is 2.05 bits per heavy atom. The monoisotopic (exact) mass is 541 g/mol. The van der Waals surface area contributed by atoms with E-state index in [9.17, 15) is 18.5 Å². The molecule has 0 bridgehead atoms. The van der Waals surface area contributed by atoms with Gasteiger partial charge in [-0.2, -0.15) is 4.98 Å². The summed E-state index contributed by atoms with van der Waals surface area (Å²) in [5, 5.41) is 0. The summed E-state index contributed by atoms with van der Waals surface area (Å²) in [5.74, 6) is -0.403. The van der Waals surface area contributed by atoms with Crippen LogP contribution < -0.4 is 11.3 Å². The lowest BCUT2D eigenvalue weighted by molar-refractivity contribution is -0.00923. The number of halogens is 1. The number of nitrogens with one attached hydrogen (secondary N) is 1. The summed E-state index contributed by atoms with van der Waals surface area (Å²) < 4.78 is 54.5. The summed E-state index contributed by atoms with van der Waals surface area (Å²) in [6, 6.07) is 4.43. The third kappa shape index (κ3) is 8.35. The number of H-pyrrole nitrogens is 1. The van der Waals surface area contributed by atoms with Crippen LogP contribution in [0.1, 0.15) is 25.0 Å². The van der Waals surface area contributed by atoms with E-state index in [0.29, 0.717) is 11.1 Å². The molecular weight excluding hydrogens is 512 g/mol. The maximum absolute atomic E-state index is 13.9. The smallest absolute Gasteiger partial charge is 0.434 e. The minimum Gasteiger partial charge on any atom is -0.434 e. The molecule has 3 aromatic rings. The second kappa shape index (κ2) is 12.8. The number of anilines is 1. The van der Waals surface area contributed by atoms with Crippen LogP contribution in [-0.4, -0.2) is 52.0 Å². The molecule has 0 amide bonds. The van der Waals surface area contributed by atoms with Crippen molar-refractivity contribution in [2.45, 2.75) is 33.9 Å². The first-order chi connectivity index (χ1) is 17.6. The topological polar surface area (TPSA) is 170 Å². The molecule has 1 aromatic carbocycles. The third-order valence-electron chi connectivity index (χ3n) is 4.84. The third-order valence-corrected chi connectivity index (χ3v) is 6.36. The van der Waals surface area contributed by atoms with Crippen molar-refractivity contribution in [3.63, 3.8) is 0 Å². The molecule has 15 heteroatoms. The van der Waals surface area contributed by atoms with Gasteiger partial charge >= 0.3 is 13.8 Å². The van der Waals surface area contributed by atoms with E-state index in [-0.39, 0.29) is 49.4 Å². The minimum absolute atomic E-state index is 0.00695. The molecule has 3 N–H and O–H groups in total. The highest BCUT2D eigenvalue weighted by atomic mass is 31.2. The van der Waals surface area contributed by atoms with Gasteiger partial charge in [0.2, 0.25) is 12.7 Å². The number of rotatable bonds is 13. The van der Waals surface area contributed by atoms with Gasteiger partial charge in [-0.05, 0) is 30.0 Å². The van der Waals surface area contributed by atoms with Crippen LogP contribution in [0, 0.1) is 18.7 Å². The molecule has 0 radical (unpaired) electrons. The Bertz CT molecular complexity index is 1330. The van der Waals surface area contributed by atoms with Crippen molar-refractivity contribution in [1.82, 2.24) is 19.5 Å². The lowest BCUT2D eigenvalue weighted by Crippen LogP contribution is -2.15. The first-order valence-electron chi connectivity index (χ1n) is 11.3. The number of fused-ring (bicyclic) bond motifs is 1. The van der Waals surface area contributed by atoms with Gasteiger partial charge in [0.1, 0.15) is 12.2 Å². The summed E-state index contributed by atoms with van der Waals surface area (Å²) in [6.45, 7) is 4.71. The van der Waals surface area contributed by atoms with Crippen molar-refractivity contribution in [2.75, 3.05) is 32.1 Å². The largest absolute Gasteiger partial charge is 0.510 e. The summed E-state index contributed by atoms with van der Waals surface area (Å²) in [7, 11) is -3.97. The normalized spacial score (nSPS) is 13.1. The van der Waals surface area contributed by atoms with Crippen molar-refractivity contribution in [3.8, 4) is 0 Å². The Morgan fingerprint density at radius 1 is 1.27 bits per heavy atom. The average Bonchev–Trinajstić information content (AvgIpc) is 3.24. The Balaban J connectivity index is 1.59. The zero-order valence-electron chi connectivity index (χ0n) is 20.6. The minimum atomic E-state index is -3.97. The number of ether oxygens (including phenoxy) is 3. The van der Waals surface area contributed by atoms with Gasteiger partial charge in [-0.1, -0.05) is 26.0 Å². The standard InChI is InChI=1S/C22H29FN5O8P/c1-14(2)9-33-22(30)34-12-36-37(31,35-10-16-5-4-15(3)17(23)8-16)13-32-7-6-28-11-25-18-19(28)26-21(24)27-20(18)29/h4-5,8,11,14H,6-7,9-10,12-13H2,1-3H3,(H3,24,26,27,29). The molecule has 2 heterocycles. The fourth-order valence-electron chi connectivity index (χ4n) is 2.92. The molecule has 0 saturated carbocycles.